The van der Waals surface area contributed by atoms with Gasteiger partial charge in [-0.15, -0.1) is 0 Å². The minimum absolute atomic E-state index is 0.00505. The molecule has 2 N–H and O–H groups in total. The van der Waals surface area contributed by atoms with E-state index in [0.29, 0.717) is 12.0 Å². The molecule has 1 aromatic heterocycles. The normalized spacial score (nSPS) is 20.2. The fourth-order valence-electron chi connectivity index (χ4n) is 5.33. The maximum absolute atomic E-state index is 13.3. The first-order chi connectivity index (χ1) is 18.6. The molecule has 1 aromatic rings. The summed E-state index contributed by atoms with van der Waals surface area (Å²) < 4.78 is 39.8. The third-order valence-electron chi connectivity index (χ3n) is 7.70. The zero-order valence-corrected chi connectivity index (χ0v) is 25.5. The van der Waals surface area contributed by atoms with Gasteiger partial charge in [0.2, 0.25) is 0 Å². The fourth-order valence-corrected chi connectivity index (χ4v) is 5.33. The third kappa shape index (κ3) is 9.17. The predicted octanol–water partition coefficient (Wildman–Crippen LogP) is 9.87. The summed E-state index contributed by atoms with van der Waals surface area (Å²) in [5, 5.41) is 22.6. The van der Waals surface area contributed by atoms with Crippen molar-refractivity contribution < 1.29 is 23.4 Å². The summed E-state index contributed by atoms with van der Waals surface area (Å²) in [6, 6.07) is 0. The molecule has 40 heavy (non-hydrogen) atoms. The van der Waals surface area contributed by atoms with E-state index in [1.54, 1.807) is 0 Å². The number of rotatable bonds is 8. The topological polar surface area (TPSA) is 53.4 Å². The first-order valence-corrected chi connectivity index (χ1v) is 14.8. The van der Waals surface area contributed by atoms with Crippen molar-refractivity contribution in [1.82, 2.24) is 4.98 Å². The van der Waals surface area contributed by atoms with Crippen molar-refractivity contribution in [3.05, 3.63) is 70.6 Å². The molecule has 0 aliphatic heterocycles. The molecule has 2 aliphatic rings. The lowest BCUT2D eigenvalue weighted by Gasteiger charge is -2.38. The first kappa shape index (κ1) is 34.0. The van der Waals surface area contributed by atoms with Crippen molar-refractivity contribution in [2.75, 3.05) is 0 Å². The Balaban J connectivity index is 0.00000103. The van der Waals surface area contributed by atoms with Gasteiger partial charge in [0.15, 0.2) is 0 Å². The standard InChI is InChI=1S/C29H38F3NO2.C5H12/c1-6-11-20(29(30,31)32)14-10-15-22(34)26-24(19-12-8-7-9-13-19)25-21(33-27(26)18(2)3)16-28(4,5)17-23(25)35;1-4-5(2)3/h6,10-12,14,18,22-23,34-35H,1,7-9,13,15-17H2,2-5H3;5H,4H2,1-3H3/b14-10-,20-11+;. The molecular weight excluding hydrogens is 511 g/mol. The van der Waals surface area contributed by atoms with Gasteiger partial charge < -0.3 is 10.2 Å². The second kappa shape index (κ2) is 14.6. The Morgan fingerprint density at radius 3 is 2.35 bits per heavy atom. The summed E-state index contributed by atoms with van der Waals surface area (Å²) in [5.74, 6) is 0.889. The van der Waals surface area contributed by atoms with Crippen molar-refractivity contribution in [3.8, 4) is 0 Å². The van der Waals surface area contributed by atoms with E-state index in [0.717, 1.165) is 84.3 Å². The van der Waals surface area contributed by atoms with Crippen LogP contribution in [0.4, 0.5) is 13.2 Å². The number of hydrogen-bond acceptors (Lipinski definition) is 3. The Labute approximate surface area is 240 Å². The highest BCUT2D eigenvalue weighted by molar-refractivity contribution is 5.74. The molecule has 0 aromatic carbocycles. The zero-order valence-electron chi connectivity index (χ0n) is 25.5. The smallest absolute Gasteiger partial charge is 0.388 e. The van der Waals surface area contributed by atoms with E-state index in [-0.39, 0.29) is 17.8 Å². The number of pyridine rings is 1. The molecule has 1 heterocycles. The Kier molecular flexibility index (Phi) is 12.4. The zero-order chi connectivity index (χ0) is 30.3. The van der Waals surface area contributed by atoms with Gasteiger partial charge in [-0.3, -0.25) is 4.98 Å². The predicted molar refractivity (Wildman–Crippen MR) is 160 cm³/mol. The minimum Gasteiger partial charge on any atom is -0.388 e. The second-order valence-electron chi connectivity index (χ2n) is 12.6. The second-order valence-corrected chi connectivity index (χ2v) is 12.6. The largest absolute Gasteiger partial charge is 0.416 e. The van der Waals surface area contributed by atoms with Gasteiger partial charge in [-0.2, -0.15) is 13.2 Å². The molecule has 2 aliphatic carbocycles. The summed E-state index contributed by atoms with van der Waals surface area (Å²) in [5.41, 5.74) is 4.14. The molecule has 3 rings (SSSR count). The number of alkyl halides is 3. The molecule has 6 heteroatoms. The van der Waals surface area contributed by atoms with Gasteiger partial charge in [-0.1, -0.05) is 91.8 Å². The van der Waals surface area contributed by atoms with Gasteiger partial charge >= 0.3 is 6.18 Å². The summed E-state index contributed by atoms with van der Waals surface area (Å²) in [6.45, 7) is 18.3. The van der Waals surface area contributed by atoms with Crippen LogP contribution < -0.4 is 0 Å². The summed E-state index contributed by atoms with van der Waals surface area (Å²) in [4.78, 5) is 4.97. The maximum atomic E-state index is 13.3. The van der Waals surface area contributed by atoms with Crippen LogP contribution in [0.5, 0.6) is 0 Å². The summed E-state index contributed by atoms with van der Waals surface area (Å²) in [7, 11) is 0. The highest BCUT2D eigenvalue weighted by atomic mass is 19.4. The van der Waals surface area contributed by atoms with Crippen LogP contribution in [0.3, 0.4) is 0 Å². The van der Waals surface area contributed by atoms with E-state index in [1.165, 1.54) is 12.5 Å². The van der Waals surface area contributed by atoms with E-state index in [9.17, 15) is 23.4 Å². The molecule has 224 valence electrons. The third-order valence-corrected chi connectivity index (χ3v) is 7.70. The Morgan fingerprint density at radius 1 is 1.20 bits per heavy atom. The number of aliphatic hydroxyl groups is 2. The Morgan fingerprint density at radius 2 is 1.85 bits per heavy atom. The van der Waals surface area contributed by atoms with Gasteiger partial charge in [0, 0.05) is 22.5 Å². The van der Waals surface area contributed by atoms with Crippen molar-refractivity contribution in [2.45, 2.75) is 124 Å². The lowest BCUT2D eigenvalue weighted by atomic mass is 9.71. The van der Waals surface area contributed by atoms with Crippen molar-refractivity contribution in [1.29, 1.82) is 0 Å². The van der Waals surface area contributed by atoms with E-state index in [1.807, 2.05) is 13.8 Å². The van der Waals surface area contributed by atoms with Gasteiger partial charge in [-0.05, 0) is 73.3 Å². The number of allylic oxidation sites excluding steroid dienone is 6. The number of aromatic nitrogens is 1. The fraction of sp³-hybridized carbons (Fsp3) is 0.618. The minimum atomic E-state index is -4.50. The van der Waals surface area contributed by atoms with Gasteiger partial charge in [0.1, 0.15) is 0 Å². The summed E-state index contributed by atoms with van der Waals surface area (Å²) >= 11 is 0. The molecule has 3 nitrogen and oxygen atoms in total. The average molecular weight is 562 g/mol. The molecule has 0 fully saturated rings. The molecule has 0 amide bonds. The lowest BCUT2D eigenvalue weighted by Crippen LogP contribution is -2.29. The number of aliphatic hydroxyl groups excluding tert-OH is 2. The van der Waals surface area contributed by atoms with Gasteiger partial charge in [0.05, 0.1) is 17.8 Å². The molecule has 0 radical (unpaired) electrons. The molecule has 2 atom stereocenters. The lowest BCUT2D eigenvalue weighted by molar-refractivity contribution is -0.0882. The van der Waals surface area contributed by atoms with Crippen molar-refractivity contribution in [3.63, 3.8) is 0 Å². The molecule has 2 unspecified atom stereocenters. The molecule has 0 bridgehead atoms. The van der Waals surface area contributed by atoms with E-state index >= 15 is 0 Å². The van der Waals surface area contributed by atoms with Crippen LogP contribution in [0.15, 0.2) is 42.5 Å². The highest BCUT2D eigenvalue weighted by Gasteiger charge is 2.38. The van der Waals surface area contributed by atoms with Crippen LogP contribution in [0.1, 0.15) is 140 Å². The number of halogens is 3. The molecular formula is C34H50F3NO2. The highest BCUT2D eigenvalue weighted by Crippen LogP contribution is 2.48. The Bertz CT molecular complexity index is 1090. The SMILES string of the molecule is C=C/C=C(\C=C/CC(O)c1c(C(C)C)nc2c(c1C1=CCCCC1)C(O)CC(C)(C)C2)C(F)(F)F.CCC(C)C. The quantitative estimate of drug-likeness (QED) is 0.311. The van der Waals surface area contributed by atoms with Crippen LogP contribution in [-0.2, 0) is 6.42 Å². The number of hydrogen-bond donors (Lipinski definition) is 2. The number of nitrogens with zero attached hydrogens (tertiary/aromatic N) is 1. The van der Waals surface area contributed by atoms with E-state index in [4.69, 9.17) is 4.98 Å². The van der Waals surface area contributed by atoms with Crippen LogP contribution in [0.2, 0.25) is 0 Å². The molecule has 0 spiro atoms. The first-order valence-electron chi connectivity index (χ1n) is 14.8. The van der Waals surface area contributed by atoms with Gasteiger partial charge in [-0.25, -0.2) is 0 Å². The van der Waals surface area contributed by atoms with Crippen LogP contribution in [-0.4, -0.2) is 21.4 Å². The van der Waals surface area contributed by atoms with Crippen LogP contribution in [0, 0.1) is 11.3 Å². The van der Waals surface area contributed by atoms with Crippen LogP contribution in [0.25, 0.3) is 5.57 Å². The van der Waals surface area contributed by atoms with Gasteiger partial charge in [0.25, 0.3) is 0 Å². The van der Waals surface area contributed by atoms with Crippen molar-refractivity contribution in [2.24, 2.45) is 11.3 Å². The van der Waals surface area contributed by atoms with Crippen LogP contribution >= 0.6 is 0 Å². The van der Waals surface area contributed by atoms with E-state index < -0.39 is 24.0 Å². The van der Waals surface area contributed by atoms with E-state index in [2.05, 4.69) is 47.3 Å². The summed E-state index contributed by atoms with van der Waals surface area (Å²) in [6.07, 6.45) is 6.86. The molecule has 0 saturated heterocycles. The Hall–Kier alpha value is -2.18. The molecule has 0 saturated carbocycles. The maximum Gasteiger partial charge on any atom is 0.416 e. The monoisotopic (exact) mass is 561 g/mol. The average Bonchev–Trinajstić information content (AvgIpc) is 2.86. The van der Waals surface area contributed by atoms with Crippen molar-refractivity contribution >= 4 is 5.57 Å². The number of fused-ring (bicyclic) bond motifs is 1.